The van der Waals surface area contributed by atoms with E-state index in [1.54, 1.807) is 6.92 Å². The smallest absolute Gasteiger partial charge is 0.165 e. The molecule has 4 heteroatoms. The van der Waals surface area contributed by atoms with E-state index in [4.69, 9.17) is 0 Å². The van der Waals surface area contributed by atoms with Crippen LogP contribution in [0.25, 0.3) is 0 Å². The number of halogens is 2. The Bertz CT molecular complexity index is 350. The summed E-state index contributed by atoms with van der Waals surface area (Å²) in [5.74, 6) is -2.81. The summed E-state index contributed by atoms with van der Waals surface area (Å²) < 4.78 is 26.0. The number of hydrogen-bond donors (Lipinski definition) is 1. The maximum atomic E-state index is 13.2. The summed E-state index contributed by atoms with van der Waals surface area (Å²) in [7, 11) is 0. The molecule has 1 atom stereocenters. The largest absolute Gasteiger partial charge is 0.505 e. The van der Waals surface area contributed by atoms with Gasteiger partial charge in [0, 0.05) is 12.0 Å². The van der Waals surface area contributed by atoms with Gasteiger partial charge in [-0.1, -0.05) is 6.92 Å². The van der Waals surface area contributed by atoms with Gasteiger partial charge in [0.05, 0.1) is 0 Å². The number of carbonyl (C=O) groups excluding carboxylic acids is 1. The Hall–Kier alpha value is -1.45. The lowest BCUT2D eigenvalue weighted by molar-refractivity contribution is -0.108. The number of benzene rings is 1. The molecule has 1 unspecified atom stereocenters. The molecule has 0 aliphatic heterocycles. The van der Waals surface area contributed by atoms with Crippen molar-refractivity contribution in [2.75, 3.05) is 0 Å². The Morgan fingerprint density at radius 3 is 2.57 bits per heavy atom. The van der Waals surface area contributed by atoms with Crippen molar-refractivity contribution in [1.82, 2.24) is 0 Å². The van der Waals surface area contributed by atoms with E-state index in [9.17, 15) is 18.7 Å². The van der Waals surface area contributed by atoms with E-state index in [-0.39, 0.29) is 12.0 Å². The quantitative estimate of drug-likeness (QED) is 0.760. The average molecular weight is 200 g/mol. The monoisotopic (exact) mass is 200 g/mol. The zero-order valence-electron chi connectivity index (χ0n) is 7.63. The first-order valence-electron chi connectivity index (χ1n) is 4.18. The van der Waals surface area contributed by atoms with E-state index in [2.05, 4.69) is 0 Å². The van der Waals surface area contributed by atoms with E-state index in [0.29, 0.717) is 6.29 Å². The van der Waals surface area contributed by atoms with Gasteiger partial charge in [0.25, 0.3) is 0 Å². The minimum atomic E-state index is -0.876. The van der Waals surface area contributed by atoms with Gasteiger partial charge >= 0.3 is 0 Å². The Morgan fingerprint density at radius 1 is 1.43 bits per heavy atom. The van der Waals surface area contributed by atoms with E-state index in [1.807, 2.05) is 0 Å². The fraction of sp³-hybridized carbons (Fsp3) is 0.300. The molecule has 0 fully saturated rings. The van der Waals surface area contributed by atoms with Crippen LogP contribution in [0.1, 0.15) is 24.8 Å². The molecule has 0 amide bonds. The number of rotatable bonds is 3. The first-order chi connectivity index (χ1) is 6.57. The highest BCUT2D eigenvalue weighted by Gasteiger charge is 2.18. The highest BCUT2D eigenvalue weighted by Crippen LogP contribution is 2.31. The predicted molar refractivity (Wildman–Crippen MR) is 47.1 cm³/mol. The molecule has 1 N–H and O–H groups in total. The first kappa shape index (κ1) is 10.6. The molecule has 0 radical (unpaired) electrons. The average Bonchev–Trinajstić information content (AvgIpc) is 2.13. The van der Waals surface area contributed by atoms with Crippen molar-refractivity contribution >= 4 is 6.29 Å². The second-order valence-corrected chi connectivity index (χ2v) is 3.09. The van der Waals surface area contributed by atoms with Crippen LogP contribution in [0.15, 0.2) is 12.1 Å². The van der Waals surface area contributed by atoms with Gasteiger partial charge in [-0.2, -0.15) is 0 Å². The zero-order valence-corrected chi connectivity index (χ0v) is 7.63. The van der Waals surface area contributed by atoms with Gasteiger partial charge in [0.2, 0.25) is 0 Å². The fourth-order valence-electron chi connectivity index (χ4n) is 1.29. The van der Waals surface area contributed by atoms with Crippen LogP contribution in [0.2, 0.25) is 0 Å². The minimum absolute atomic E-state index is 0.0495. The summed E-state index contributed by atoms with van der Waals surface area (Å²) in [4.78, 5) is 10.2. The van der Waals surface area contributed by atoms with E-state index in [0.717, 1.165) is 12.1 Å². The van der Waals surface area contributed by atoms with E-state index in [1.165, 1.54) is 0 Å². The van der Waals surface area contributed by atoms with Crippen LogP contribution in [-0.4, -0.2) is 11.4 Å². The number of hydrogen-bond acceptors (Lipinski definition) is 2. The van der Waals surface area contributed by atoms with Crippen molar-refractivity contribution in [2.24, 2.45) is 0 Å². The topological polar surface area (TPSA) is 37.3 Å². The van der Waals surface area contributed by atoms with Crippen LogP contribution in [0.4, 0.5) is 8.78 Å². The molecule has 0 aromatic heterocycles. The number of phenols is 1. The Morgan fingerprint density at radius 2 is 2.00 bits per heavy atom. The Labute approximate surface area is 80.2 Å². The van der Waals surface area contributed by atoms with Gasteiger partial charge in [-0.05, 0) is 18.1 Å². The molecule has 0 bridgehead atoms. The maximum absolute atomic E-state index is 13.2. The summed E-state index contributed by atoms with van der Waals surface area (Å²) in [5, 5.41) is 9.24. The van der Waals surface area contributed by atoms with Gasteiger partial charge in [0.1, 0.15) is 12.1 Å². The number of carbonyl (C=O) groups is 1. The van der Waals surface area contributed by atoms with Crippen molar-refractivity contribution in [3.8, 4) is 5.75 Å². The maximum Gasteiger partial charge on any atom is 0.165 e. The van der Waals surface area contributed by atoms with Crippen molar-refractivity contribution in [3.05, 3.63) is 29.3 Å². The number of aldehydes is 1. The van der Waals surface area contributed by atoms with E-state index < -0.39 is 23.3 Å². The second kappa shape index (κ2) is 4.17. The third-order valence-electron chi connectivity index (χ3n) is 2.06. The van der Waals surface area contributed by atoms with Crippen molar-refractivity contribution in [1.29, 1.82) is 0 Å². The van der Waals surface area contributed by atoms with Crippen molar-refractivity contribution < 1.29 is 18.7 Å². The lowest BCUT2D eigenvalue weighted by Crippen LogP contribution is -2.00. The van der Waals surface area contributed by atoms with Crippen LogP contribution in [0.3, 0.4) is 0 Å². The van der Waals surface area contributed by atoms with Crippen molar-refractivity contribution in [3.63, 3.8) is 0 Å². The standard InChI is InChI=1S/C10H10F2O2/c1-6(4-5-13)9-7(11)2-3-8(12)10(9)14/h2-3,5-6,14H,4H2,1H3. The highest BCUT2D eigenvalue weighted by atomic mass is 19.1. The molecule has 0 spiro atoms. The molecule has 0 aliphatic carbocycles. The molecular formula is C10H10F2O2. The molecule has 2 nitrogen and oxygen atoms in total. The lowest BCUT2D eigenvalue weighted by atomic mass is 9.97. The molecule has 1 rings (SSSR count). The highest BCUT2D eigenvalue weighted by molar-refractivity contribution is 5.52. The van der Waals surface area contributed by atoms with Gasteiger partial charge in [-0.15, -0.1) is 0 Å². The van der Waals surface area contributed by atoms with Crippen molar-refractivity contribution in [2.45, 2.75) is 19.3 Å². The minimum Gasteiger partial charge on any atom is -0.505 e. The summed E-state index contributed by atoms with van der Waals surface area (Å²) >= 11 is 0. The summed E-state index contributed by atoms with van der Waals surface area (Å²) in [6, 6.07) is 1.79. The van der Waals surface area contributed by atoms with Crippen LogP contribution in [0.5, 0.6) is 5.75 Å². The molecule has 0 saturated carbocycles. The third kappa shape index (κ3) is 1.89. The Kier molecular flexibility index (Phi) is 3.17. The molecular weight excluding hydrogens is 190 g/mol. The molecule has 0 heterocycles. The molecule has 1 aromatic carbocycles. The van der Waals surface area contributed by atoms with Crippen LogP contribution >= 0.6 is 0 Å². The molecule has 1 aromatic rings. The molecule has 76 valence electrons. The number of aromatic hydroxyl groups is 1. The zero-order chi connectivity index (χ0) is 10.7. The number of phenolic OH excluding ortho intramolecular Hbond substituents is 1. The Balaban J connectivity index is 3.17. The van der Waals surface area contributed by atoms with E-state index >= 15 is 0 Å². The summed E-state index contributed by atoms with van der Waals surface area (Å²) in [6.45, 7) is 1.55. The lowest BCUT2D eigenvalue weighted by Gasteiger charge is -2.11. The van der Waals surface area contributed by atoms with Gasteiger partial charge in [-0.25, -0.2) is 8.78 Å². The first-order valence-corrected chi connectivity index (χ1v) is 4.18. The molecule has 0 aliphatic rings. The molecule has 0 saturated heterocycles. The third-order valence-corrected chi connectivity index (χ3v) is 2.06. The van der Waals surface area contributed by atoms with Crippen LogP contribution in [0, 0.1) is 11.6 Å². The predicted octanol–water partition coefficient (Wildman–Crippen LogP) is 2.36. The molecule has 14 heavy (non-hydrogen) atoms. The van der Waals surface area contributed by atoms with Crippen LogP contribution in [-0.2, 0) is 4.79 Å². The van der Waals surface area contributed by atoms with Gasteiger partial charge < -0.3 is 9.90 Å². The fourth-order valence-corrected chi connectivity index (χ4v) is 1.29. The van der Waals surface area contributed by atoms with Crippen LogP contribution < -0.4 is 0 Å². The van der Waals surface area contributed by atoms with Gasteiger partial charge in [0.15, 0.2) is 11.6 Å². The SMILES string of the molecule is CC(CC=O)c1c(F)ccc(F)c1O. The second-order valence-electron chi connectivity index (χ2n) is 3.09. The normalized spacial score (nSPS) is 12.5. The summed E-state index contributed by atoms with van der Waals surface area (Å²) in [5.41, 5.74) is -0.142. The van der Waals surface area contributed by atoms with Gasteiger partial charge in [-0.3, -0.25) is 0 Å². The summed E-state index contributed by atoms with van der Waals surface area (Å²) in [6.07, 6.45) is 0.655.